The molecule has 14 heavy (non-hydrogen) atoms. The Morgan fingerprint density at radius 2 is 2.50 bits per heavy atom. The molecular weight excluding hydrogens is 220 g/mol. The van der Waals surface area contributed by atoms with Crippen molar-refractivity contribution in [1.29, 1.82) is 0 Å². The number of hydrogen-bond acceptors (Lipinski definition) is 3. The van der Waals surface area contributed by atoms with Gasteiger partial charge in [-0.05, 0) is 17.9 Å². The first-order chi connectivity index (χ1) is 6.65. The fourth-order valence-electron chi connectivity index (χ4n) is 0.904. The van der Waals surface area contributed by atoms with Crippen LogP contribution >= 0.6 is 22.9 Å². The highest BCUT2D eigenvalue weighted by molar-refractivity contribution is 7.12. The summed E-state index contributed by atoms with van der Waals surface area (Å²) in [6, 6.07) is 1.72. The topological polar surface area (TPSA) is 55.1 Å². The third kappa shape index (κ3) is 2.97. The first-order valence-corrected chi connectivity index (χ1v) is 5.67. The van der Waals surface area contributed by atoms with Crippen LogP contribution in [0, 0.1) is 0 Å². The van der Waals surface area contributed by atoms with Crippen molar-refractivity contribution in [2.75, 3.05) is 6.54 Å². The summed E-state index contributed by atoms with van der Waals surface area (Å²) in [5.74, 6) is -0.145. The number of hydrogen-bond donors (Lipinski definition) is 2. The lowest BCUT2D eigenvalue weighted by Gasteiger charge is -2.09. The fraction of sp³-hybridized carbons (Fsp3) is 0.444. The van der Waals surface area contributed by atoms with Crippen molar-refractivity contribution >= 4 is 28.8 Å². The normalized spacial score (nSPS) is 12.5. The zero-order valence-electron chi connectivity index (χ0n) is 7.92. The number of carbonyl (C=O) groups is 1. The molecule has 1 heterocycles. The largest absolute Gasteiger partial charge is 0.350 e. The molecule has 0 aliphatic rings. The van der Waals surface area contributed by atoms with E-state index >= 15 is 0 Å². The standard InChI is InChI=1S/C9H13ClN2OS/c1-2-6(11)5-12-9(13)8-7(10)3-4-14-8/h3-4,6H,2,5,11H2,1H3,(H,12,13). The molecule has 3 nitrogen and oxygen atoms in total. The third-order valence-corrected chi connectivity index (χ3v) is 3.21. The number of thiophene rings is 1. The Labute approximate surface area is 92.3 Å². The molecule has 1 aromatic heterocycles. The monoisotopic (exact) mass is 232 g/mol. The summed E-state index contributed by atoms with van der Waals surface area (Å²) in [6.45, 7) is 2.47. The van der Waals surface area contributed by atoms with Gasteiger partial charge in [0.2, 0.25) is 0 Å². The van der Waals surface area contributed by atoms with Crippen LogP contribution in [0.1, 0.15) is 23.0 Å². The van der Waals surface area contributed by atoms with Crippen LogP contribution in [0.2, 0.25) is 5.02 Å². The molecule has 0 saturated carbocycles. The zero-order valence-corrected chi connectivity index (χ0v) is 9.49. The molecular formula is C9H13ClN2OS. The van der Waals surface area contributed by atoms with Crippen LogP contribution in [0.15, 0.2) is 11.4 Å². The van der Waals surface area contributed by atoms with Gasteiger partial charge in [-0.2, -0.15) is 0 Å². The lowest BCUT2D eigenvalue weighted by atomic mass is 10.2. The van der Waals surface area contributed by atoms with Gasteiger partial charge in [-0.25, -0.2) is 0 Å². The second-order valence-corrected chi connectivity index (χ2v) is 4.30. The zero-order chi connectivity index (χ0) is 10.6. The minimum Gasteiger partial charge on any atom is -0.350 e. The van der Waals surface area contributed by atoms with E-state index in [2.05, 4.69) is 5.32 Å². The molecule has 0 radical (unpaired) electrons. The summed E-state index contributed by atoms with van der Waals surface area (Å²) < 4.78 is 0. The lowest BCUT2D eigenvalue weighted by Crippen LogP contribution is -2.36. The van der Waals surface area contributed by atoms with E-state index < -0.39 is 0 Å². The Morgan fingerprint density at radius 1 is 1.79 bits per heavy atom. The second-order valence-electron chi connectivity index (χ2n) is 2.98. The van der Waals surface area contributed by atoms with Crippen LogP contribution in [0.25, 0.3) is 0 Å². The Kier molecular flexibility index (Phi) is 4.38. The first kappa shape index (κ1) is 11.5. The first-order valence-electron chi connectivity index (χ1n) is 4.42. The lowest BCUT2D eigenvalue weighted by molar-refractivity contribution is 0.0955. The number of nitrogens with two attached hydrogens (primary N) is 1. The van der Waals surface area contributed by atoms with Gasteiger partial charge in [0.15, 0.2) is 0 Å². The molecule has 0 fully saturated rings. The quantitative estimate of drug-likeness (QED) is 0.833. The molecule has 0 aliphatic carbocycles. The van der Waals surface area contributed by atoms with Gasteiger partial charge in [0, 0.05) is 12.6 Å². The molecule has 3 N–H and O–H groups in total. The van der Waals surface area contributed by atoms with Crippen molar-refractivity contribution in [2.24, 2.45) is 5.73 Å². The van der Waals surface area contributed by atoms with E-state index in [1.807, 2.05) is 6.92 Å². The van der Waals surface area contributed by atoms with E-state index in [0.717, 1.165) is 6.42 Å². The minimum atomic E-state index is -0.145. The summed E-state index contributed by atoms with van der Waals surface area (Å²) >= 11 is 7.13. The van der Waals surface area contributed by atoms with Gasteiger partial charge in [0.05, 0.1) is 5.02 Å². The summed E-state index contributed by atoms with van der Waals surface area (Å²) in [5, 5.41) is 5.03. The summed E-state index contributed by atoms with van der Waals surface area (Å²) in [5.41, 5.74) is 5.67. The van der Waals surface area contributed by atoms with E-state index in [4.69, 9.17) is 17.3 Å². The van der Waals surface area contributed by atoms with Crippen molar-refractivity contribution in [1.82, 2.24) is 5.32 Å². The molecule has 1 atom stereocenters. The molecule has 1 aromatic rings. The summed E-state index contributed by atoms with van der Waals surface area (Å²) in [6.07, 6.45) is 0.846. The van der Waals surface area contributed by atoms with E-state index in [1.165, 1.54) is 11.3 Å². The van der Waals surface area contributed by atoms with Gasteiger partial charge in [-0.15, -0.1) is 11.3 Å². The van der Waals surface area contributed by atoms with Crippen LogP contribution in [0.4, 0.5) is 0 Å². The van der Waals surface area contributed by atoms with E-state index in [9.17, 15) is 4.79 Å². The third-order valence-electron chi connectivity index (χ3n) is 1.87. The Morgan fingerprint density at radius 3 is 3.00 bits per heavy atom. The molecule has 1 rings (SSSR count). The number of halogens is 1. The molecule has 0 spiro atoms. The van der Waals surface area contributed by atoms with E-state index in [0.29, 0.717) is 16.4 Å². The van der Waals surface area contributed by atoms with Crippen LogP contribution < -0.4 is 11.1 Å². The Balaban J connectivity index is 2.47. The minimum absolute atomic E-state index is 0.0117. The van der Waals surface area contributed by atoms with Gasteiger partial charge >= 0.3 is 0 Å². The molecule has 0 aromatic carbocycles. The highest BCUT2D eigenvalue weighted by atomic mass is 35.5. The van der Waals surface area contributed by atoms with Crippen molar-refractivity contribution in [3.63, 3.8) is 0 Å². The molecule has 0 saturated heterocycles. The van der Waals surface area contributed by atoms with Gasteiger partial charge in [-0.3, -0.25) is 4.79 Å². The highest BCUT2D eigenvalue weighted by Gasteiger charge is 2.11. The molecule has 0 aliphatic heterocycles. The van der Waals surface area contributed by atoms with Gasteiger partial charge in [-0.1, -0.05) is 18.5 Å². The fourth-order valence-corrected chi connectivity index (χ4v) is 1.96. The second kappa shape index (κ2) is 5.34. The Bertz CT molecular complexity index is 314. The highest BCUT2D eigenvalue weighted by Crippen LogP contribution is 2.21. The molecule has 5 heteroatoms. The van der Waals surface area contributed by atoms with Gasteiger partial charge < -0.3 is 11.1 Å². The van der Waals surface area contributed by atoms with Crippen LogP contribution in [-0.4, -0.2) is 18.5 Å². The van der Waals surface area contributed by atoms with Crippen LogP contribution in [-0.2, 0) is 0 Å². The summed E-state index contributed by atoms with van der Waals surface area (Å²) in [4.78, 5) is 12.1. The van der Waals surface area contributed by atoms with E-state index in [1.54, 1.807) is 11.4 Å². The molecule has 0 bridgehead atoms. The predicted octanol–water partition coefficient (Wildman–Crippen LogP) is 1.87. The molecule has 78 valence electrons. The van der Waals surface area contributed by atoms with Crippen LogP contribution in [0.3, 0.4) is 0 Å². The van der Waals surface area contributed by atoms with E-state index in [-0.39, 0.29) is 11.9 Å². The maximum Gasteiger partial charge on any atom is 0.262 e. The van der Waals surface area contributed by atoms with Gasteiger partial charge in [0.25, 0.3) is 5.91 Å². The Hall–Kier alpha value is -0.580. The maximum atomic E-state index is 11.5. The van der Waals surface area contributed by atoms with Crippen molar-refractivity contribution in [3.05, 3.63) is 21.3 Å². The number of carbonyl (C=O) groups excluding carboxylic acids is 1. The predicted molar refractivity (Wildman–Crippen MR) is 59.9 cm³/mol. The number of nitrogens with one attached hydrogen (secondary N) is 1. The number of amides is 1. The van der Waals surface area contributed by atoms with Gasteiger partial charge in [0.1, 0.15) is 4.88 Å². The maximum absolute atomic E-state index is 11.5. The summed E-state index contributed by atoms with van der Waals surface area (Å²) in [7, 11) is 0. The molecule has 1 unspecified atom stereocenters. The smallest absolute Gasteiger partial charge is 0.262 e. The molecule has 1 amide bonds. The average Bonchev–Trinajstić information content (AvgIpc) is 2.60. The van der Waals surface area contributed by atoms with Crippen molar-refractivity contribution < 1.29 is 4.79 Å². The SMILES string of the molecule is CCC(N)CNC(=O)c1sccc1Cl. The average molecular weight is 233 g/mol. The van der Waals surface area contributed by atoms with Crippen molar-refractivity contribution in [2.45, 2.75) is 19.4 Å². The number of rotatable bonds is 4. The van der Waals surface area contributed by atoms with Crippen molar-refractivity contribution in [3.8, 4) is 0 Å². The van der Waals surface area contributed by atoms with Crippen LogP contribution in [0.5, 0.6) is 0 Å².